The minimum atomic E-state index is -0.386. The highest BCUT2D eigenvalue weighted by molar-refractivity contribution is 5.67. The fourth-order valence-electron chi connectivity index (χ4n) is 1.51. The number of rotatable bonds is 10. The molecule has 0 aliphatic carbocycles. The van der Waals surface area contributed by atoms with Crippen molar-refractivity contribution in [3.8, 4) is 0 Å². The SMILES string of the molecule is CCC=C(C)COC(=O)NCCCC=CC(CO)OC. The van der Waals surface area contributed by atoms with Crippen LogP contribution in [0.15, 0.2) is 23.8 Å². The third kappa shape index (κ3) is 10.6. The first kappa shape index (κ1) is 18.7. The molecular formula is C15H27NO4. The number of allylic oxidation sites excluding steroid dienone is 2. The molecule has 0 spiro atoms. The van der Waals surface area contributed by atoms with Crippen molar-refractivity contribution in [1.29, 1.82) is 0 Å². The summed E-state index contributed by atoms with van der Waals surface area (Å²) in [6.07, 6.45) is 7.73. The van der Waals surface area contributed by atoms with Crippen LogP contribution >= 0.6 is 0 Å². The first-order valence-corrected chi connectivity index (χ1v) is 7.00. The summed E-state index contributed by atoms with van der Waals surface area (Å²) in [5, 5.41) is 11.6. The number of amides is 1. The van der Waals surface area contributed by atoms with Crippen molar-refractivity contribution in [2.45, 2.75) is 39.2 Å². The van der Waals surface area contributed by atoms with E-state index in [2.05, 4.69) is 5.32 Å². The van der Waals surface area contributed by atoms with Crippen molar-refractivity contribution in [2.24, 2.45) is 0 Å². The van der Waals surface area contributed by atoms with Gasteiger partial charge in [0.15, 0.2) is 0 Å². The number of unbranched alkanes of at least 4 members (excludes halogenated alkanes) is 1. The maximum atomic E-state index is 11.4. The van der Waals surface area contributed by atoms with Gasteiger partial charge in [-0.2, -0.15) is 0 Å². The minimum Gasteiger partial charge on any atom is -0.445 e. The molecule has 0 aromatic heterocycles. The summed E-state index contributed by atoms with van der Waals surface area (Å²) in [4.78, 5) is 11.4. The number of aliphatic hydroxyl groups excluding tert-OH is 1. The Kier molecular flexibility index (Phi) is 11.8. The summed E-state index contributed by atoms with van der Waals surface area (Å²) in [6, 6.07) is 0. The van der Waals surface area contributed by atoms with Crippen LogP contribution in [-0.4, -0.2) is 44.2 Å². The molecule has 0 aliphatic heterocycles. The normalized spacial score (nSPS) is 13.5. The molecule has 1 amide bonds. The van der Waals surface area contributed by atoms with Gasteiger partial charge < -0.3 is 19.9 Å². The average molecular weight is 285 g/mol. The molecule has 0 fully saturated rings. The fraction of sp³-hybridized carbons (Fsp3) is 0.667. The summed E-state index contributed by atoms with van der Waals surface area (Å²) < 4.78 is 10.0. The molecule has 0 radical (unpaired) electrons. The van der Waals surface area contributed by atoms with Gasteiger partial charge in [0.05, 0.1) is 12.7 Å². The first-order chi connectivity index (χ1) is 9.63. The van der Waals surface area contributed by atoms with E-state index in [9.17, 15) is 4.79 Å². The molecular weight excluding hydrogens is 258 g/mol. The molecule has 0 aromatic carbocycles. The van der Waals surface area contributed by atoms with Gasteiger partial charge in [0, 0.05) is 13.7 Å². The lowest BCUT2D eigenvalue weighted by molar-refractivity contribution is 0.0818. The molecule has 0 bridgehead atoms. The number of nitrogens with one attached hydrogen (secondary N) is 1. The maximum absolute atomic E-state index is 11.4. The molecule has 116 valence electrons. The lowest BCUT2D eigenvalue weighted by Crippen LogP contribution is -2.25. The molecule has 20 heavy (non-hydrogen) atoms. The van der Waals surface area contributed by atoms with Crippen molar-refractivity contribution in [2.75, 3.05) is 26.9 Å². The van der Waals surface area contributed by atoms with E-state index in [-0.39, 0.29) is 18.8 Å². The second-order valence-corrected chi connectivity index (χ2v) is 4.49. The van der Waals surface area contributed by atoms with E-state index in [1.165, 1.54) is 0 Å². The van der Waals surface area contributed by atoms with Crippen LogP contribution in [0.25, 0.3) is 0 Å². The molecule has 0 saturated heterocycles. The Bertz CT molecular complexity index is 309. The number of methoxy groups -OCH3 is 1. The Morgan fingerprint density at radius 3 is 2.80 bits per heavy atom. The Balaban J connectivity index is 3.60. The van der Waals surface area contributed by atoms with E-state index in [0.29, 0.717) is 13.2 Å². The van der Waals surface area contributed by atoms with Gasteiger partial charge >= 0.3 is 6.09 Å². The van der Waals surface area contributed by atoms with Crippen molar-refractivity contribution < 1.29 is 19.4 Å². The van der Waals surface area contributed by atoms with E-state index in [1.807, 2.05) is 32.1 Å². The van der Waals surface area contributed by atoms with E-state index in [0.717, 1.165) is 24.8 Å². The van der Waals surface area contributed by atoms with E-state index >= 15 is 0 Å². The van der Waals surface area contributed by atoms with Crippen molar-refractivity contribution in [1.82, 2.24) is 5.32 Å². The molecule has 1 unspecified atom stereocenters. The summed E-state index contributed by atoms with van der Waals surface area (Å²) in [5.41, 5.74) is 1.06. The number of carbonyl (C=O) groups is 1. The number of hydrogen-bond donors (Lipinski definition) is 2. The Hall–Kier alpha value is -1.33. The minimum absolute atomic E-state index is 0.0256. The fourth-order valence-corrected chi connectivity index (χ4v) is 1.51. The highest BCUT2D eigenvalue weighted by atomic mass is 16.5. The van der Waals surface area contributed by atoms with Crippen molar-refractivity contribution in [3.05, 3.63) is 23.8 Å². The number of aliphatic hydroxyl groups is 1. The van der Waals surface area contributed by atoms with Crippen LogP contribution in [0.4, 0.5) is 4.79 Å². The summed E-state index contributed by atoms with van der Waals surface area (Å²) in [6.45, 7) is 4.86. The Labute approximate surface area is 121 Å². The third-order valence-electron chi connectivity index (χ3n) is 2.63. The van der Waals surface area contributed by atoms with Gasteiger partial charge in [-0.05, 0) is 31.8 Å². The van der Waals surface area contributed by atoms with Crippen LogP contribution in [0.2, 0.25) is 0 Å². The Morgan fingerprint density at radius 1 is 1.45 bits per heavy atom. The van der Waals surface area contributed by atoms with Crippen molar-refractivity contribution >= 4 is 6.09 Å². The van der Waals surface area contributed by atoms with Gasteiger partial charge in [-0.15, -0.1) is 0 Å². The van der Waals surface area contributed by atoms with Gasteiger partial charge in [0.25, 0.3) is 0 Å². The van der Waals surface area contributed by atoms with E-state index < -0.39 is 0 Å². The van der Waals surface area contributed by atoms with Gasteiger partial charge in [-0.25, -0.2) is 4.79 Å². The standard InChI is InChI=1S/C15H27NO4/c1-4-8-13(2)12-20-15(18)16-10-7-5-6-9-14(11-17)19-3/h6,8-9,14,17H,4-5,7,10-12H2,1-3H3,(H,16,18). The molecule has 2 N–H and O–H groups in total. The van der Waals surface area contributed by atoms with E-state index in [1.54, 1.807) is 7.11 Å². The maximum Gasteiger partial charge on any atom is 0.407 e. The largest absolute Gasteiger partial charge is 0.445 e. The molecule has 0 rings (SSSR count). The van der Waals surface area contributed by atoms with Crippen LogP contribution in [0.1, 0.15) is 33.1 Å². The van der Waals surface area contributed by atoms with Crippen LogP contribution in [-0.2, 0) is 9.47 Å². The molecule has 0 aromatic rings. The molecule has 5 nitrogen and oxygen atoms in total. The van der Waals surface area contributed by atoms with Gasteiger partial charge in [-0.1, -0.05) is 25.2 Å². The quantitative estimate of drug-likeness (QED) is 0.478. The zero-order valence-corrected chi connectivity index (χ0v) is 12.7. The monoisotopic (exact) mass is 285 g/mol. The highest BCUT2D eigenvalue weighted by Gasteiger charge is 2.01. The third-order valence-corrected chi connectivity index (χ3v) is 2.63. The van der Waals surface area contributed by atoms with Gasteiger partial charge in [0.1, 0.15) is 6.61 Å². The number of ether oxygens (including phenoxy) is 2. The van der Waals surface area contributed by atoms with Crippen LogP contribution in [0.5, 0.6) is 0 Å². The summed E-state index contributed by atoms with van der Waals surface area (Å²) in [7, 11) is 1.55. The highest BCUT2D eigenvalue weighted by Crippen LogP contribution is 1.97. The average Bonchev–Trinajstić information content (AvgIpc) is 2.45. The summed E-state index contributed by atoms with van der Waals surface area (Å²) >= 11 is 0. The molecule has 1 atom stereocenters. The van der Waals surface area contributed by atoms with Gasteiger partial charge in [0.2, 0.25) is 0 Å². The number of alkyl carbamates (subject to hydrolysis) is 1. The topological polar surface area (TPSA) is 67.8 Å². The Morgan fingerprint density at radius 2 is 2.20 bits per heavy atom. The number of carbonyl (C=O) groups excluding carboxylic acids is 1. The predicted molar refractivity (Wildman–Crippen MR) is 79.7 cm³/mol. The van der Waals surface area contributed by atoms with Crippen LogP contribution in [0.3, 0.4) is 0 Å². The molecule has 0 aliphatic rings. The van der Waals surface area contributed by atoms with E-state index in [4.69, 9.17) is 14.6 Å². The smallest absolute Gasteiger partial charge is 0.407 e. The lowest BCUT2D eigenvalue weighted by atomic mass is 10.2. The second-order valence-electron chi connectivity index (χ2n) is 4.49. The number of hydrogen-bond acceptors (Lipinski definition) is 4. The second kappa shape index (κ2) is 12.7. The zero-order valence-electron chi connectivity index (χ0n) is 12.7. The van der Waals surface area contributed by atoms with Crippen LogP contribution < -0.4 is 5.32 Å². The lowest BCUT2D eigenvalue weighted by Gasteiger charge is -2.07. The molecule has 0 heterocycles. The van der Waals surface area contributed by atoms with Crippen LogP contribution in [0, 0.1) is 0 Å². The zero-order chi connectivity index (χ0) is 15.2. The summed E-state index contributed by atoms with van der Waals surface area (Å²) in [5.74, 6) is 0. The molecule has 5 heteroatoms. The predicted octanol–water partition coefficient (Wildman–Crippen LogP) is 2.41. The molecule has 0 saturated carbocycles. The first-order valence-electron chi connectivity index (χ1n) is 7.00. The van der Waals surface area contributed by atoms with Gasteiger partial charge in [-0.3, -0.25) is 0 Å². The van der Waals surface area contributed by atoms with Crippen molar-refractivity contribution in [3.63, 3.8) is 0 Å².